The first-order chi connectivity index (χ1) is 11.7. The number of ether oxygens (including phenoxy) is 2. The van der Waals surface area contributed by atoms with E-state index >= 15 is 0 Å². The van der Waals surface area contributed by atoms with Gasteiger partial charge in [0.2, 0.25) is 0 Å². The molecule has 1 fully saturated rings. The molecule has 24 heavy (non-hydrogen) atoms. The highest BCUT2D eigenvalue weighted by atomic mass is 32.2. The zero-order valence-corrected chi connectivity index (χ0v) is 15.7. The topological polar surface area (TPSA) is 54.9 Å². The van der Waals surface area contributed by atoms with E-state index in [4.69, 9.17) is 9.47 Å². The van der Waals surface area contributed by atoms with Crippen molar-refractivity contribution in [3.05, 3.63) is 24.3 Å². The summed E-state index contributed by atoms with van der Waals surface area (Å²) >= 11 is 2.01. The van der Waals surface area contributed by atoms with Crippen molar-refractivity contribution in [1.82, 2.24) is 10.6 Å². The number of para-hydroxylation sites is 2. The molecule has 5 nitrogen and oxygen atoms in total. The van der Waals surface area contributed by atoms with Gasteiger partial charge in [-0.05, 0) is 44.6 Å². The SMILES string of the molecule is CCNC(=NCC(C)Oc1ccccc1OC)NC1CCCSC1. The molecule has 0 radical (unpaired) electrons. The first-order valence-electron chi connectivity index (χ1n) is 8.65. The normalized spacial score (nSPS) is 19.5. The second-order valence-corrected chi connectivity index (χ2v) is 7.01. The number of hydrogen-bond acceptors (Lipinski definition) is 4. The van der Waals surface area contributed by atoms with Crippen LogP contribution >= 0.6 is 11.8 Å². The minimum absolute atomic E-state index is 0.0301. The Labute approximate surface area is 149 Å². The van der Waals surface area contributed by atoms with E-state index in [2.05, 4.69) is 22.5 Å². The van der Waals surface area contributed by atoms with E-state index < -0.39 is 0 Å². The number of hydrogen-bond donors (Lipinski definition) is 2. The smallest absolute Gasteiger partial charge is 0.191 e. The molecule has 2 unspecified atom stereocenters. The van der Waals surface area contributed by atoms with Gasteiger partial charge in [0.05, 0.1) is 13.7 Å². The Morgan fingerprint density at radius 3 is 2.83 bits per heavy atom. The molecule has 0 spiro atoms. The molecule has 1 saturated heterocycles. The number of nitrogens with zero attached hydrogens (tertiary/aromatic N) is 1. The second-order valence-electron chi connectivity index (χ2n) is 5.86. The fourth-order valence-electron chi connectivity index (χ4n) is 2.56. The molecule has 134 valence electrons. The van der Waals surface area contributed by atoms with Crippen molar-refractivity contribution in [3.8, 4) is 11.5 Å². The Balaban J connectivity index is 1.89. The van der Waals surface area contributed by atoms with Crippen LogP contribution in [0.25, 0.3) is 0 Å². The molecule has 2 atom stereocenters. The maximum Gasteiger partial charge on any atom is 0.191 e. The van der Waals surface area contributed by atoms with Gasteiger partial charge >= 0.3 is 0 Å². The summed E-state index contributed by atoms with van der Waals surface area (Å²) in [6.45, 7) is 5.55. The molecule has 1 aromatic carbocycles. The van der Waals surface area contributed by atoms with E-state index in [0.717, 1.165) is 29.8 Å². The lowest BCUT2D eigenvalue weighted by atomic mass is 10.2. The van der Waals surface area contributed by atoms with Crippen LogP contribution in [0, 0.1) is 0 Å². The van der Waals surface area contributed by atoms with Gasteiger partial charge in [-0.1, -0.05) is 12.1 Å². The number of methoxy groups -OCH3 is 1. The summed E-state index contributed by atoms with van der Waals surface area (Å²) < 4.78 is 11.3. The highest BCUT2D eigenvalue weighted by molar-refractivity contribution is 7.99. The van der Waals surface area contributed by atoms with Crippen molar-refractivity contribution in [2.75, 3.05) is 31.7 Å². The van der Waals surface area contributed by atoms with Crippen LogP contribution in [0.5, 0.6) is 11.5 Å². The van der Waals surface area contributed by atoms with Gasteiger partial charge in [-0.15, -0.1) is 0 Å². The lowest BCUT2D eigenvalue weighted by molar-refractivity contribution is 0.219. The Bertz CT molecular complexity index is 519. The van der Waals surface area contributed by atoms with E-state index in [1.54, 1.807) is 7.11 Å². The van der Waals surface area contributed by atoms with E-state index in [0.29, 0.717) is 12.6 Å². The van der Waals surface area contributed by atoms with Gasteiger partial charge in [-0.2, -0.15) is 11.8 Å². The Hall–Kier alpha value is -1.56. The van der Waals surface area contributed by atoms with Gasteiger partial charge in [0.15, 0.2) is 17.5 Å². The number of benzene rings is 1. The molecule has 1 aliphatic heterocycles. The van der Waals surface area contributed by atoms with Crippen LogP contribution in [-0.2, 0) is 0 Å². The number of thioether (sulfide) groups is 1. The quantitative estimate of drug-likeness (QED) is 0.584. The van der Waals surface area contributed by atoms with Crippen molar-refractivity contribution in [2.45, 2.75) is 38.8 Å². The molecule has 1 aliphatic rings. The third-order valence-electron chi connectivity index (χ3n) is 3.75. The number of nitrogens with one attached hydrogen (secondary N) is 2. The van der Waals surface area contributed by atoms with Crippen LogP contribution in [0.2, 0.25) is 0 Å². The standard InChI is InChI=1S/C18H29N3O2S/c1-4-19-18(21-15-8-7-11-24-13-15)20-12-14(2)23-17-10-6-5-9-16(17)22-3/h5-6,9-10,14-15H,4,7-8,11-13H2,1-3H3,(H2,19,20,21). The number of aliphatic imine (C=N–C) groups is 1. The summed E-state index contributed by atoms with van der Waals surface area (Å²) in [5, 5.41) is 6.86. The van der Waals surface area contributed by atoms with Crippen LogP contribution in [0.4, 0.5) is 0 Å². The summed E-state index contributed by atoms with van der Waals surface area (Å²) in [5.74, 6) is 4.80. The van der Waals surface area contributed by atoms with E-state index in [1.807, 2.05) is 43.0 Å². The van der Waals surface area contributed by atoms with E-state index in [1.165, 1.54) is 18.6 Å². The summed E-state index contributed by atoms with van der Waals surface area (Å²) in [6.07, 6.45) is 2.46. The molecule has 2 N–H and O–H groups in total. The van der Waals surface area contributed by atoms with Crippen LogP contribution in [0.15, 0.2) is 29.3 Å². The maximum atomic E-state index is 5.96. The molecule has 0 saturated carbocycles. The third kappa shape index (κ3) is 6.15. The summed E-state index contributed by atoms with van der Waals surface area (Å²) in [6, 6.07) is 8.20. The molecule has 0 aliphatic carbocycles. The molecule has 2 rings (SSSR count). The average molecular weight is 352 g/mol. The molecule has 0 bridgehead atoms. The monoisotopic (exact) mass is 351 g/mol. The molecule has 1 heterocycles. The maximum absolute atomic E-state index is 5.96. The highest BCUT2D eigenvalue weighted by Gasteiger charge is 2.15. The molecular formula is C18H29N3O2S. The van der Waals surface area contributed by atoms with Crippen molar-refractivity contribution in [1.29, 1.82) is 0 Å². The summed E-state index contributed by atoms with van der Waals surface area (Å²) in [4.78, 5) is 4.68. The number of guanidine groups is 1. The fourth-order valence-corrected chi connectivity index (χ4v) is 3.63. The van der Waals surface area contributed by atoms with Gasteiger partial charge in [0, 0.05) is 18.3 Å². The lowest BCUT2D eigenvalue weighted by Crippen LogP contribution is -2.45. The molecule has 0 amide bonds. The van der Waals surface area contributed by atoms with Gasteiger partial charge in [-0.25, -0.2) is 4.99 Å². The fraction of sp³-hybridized carbons (Fsp3) is 0.611. The third-order valence-corrected chi connectivity index (χ3v) is 4.96. The molecular weight excluding hydrogens is 322 g/mol. The summed E-state index contributed by atoms with van der Waals surface area (Å²) in [7, 11) is 1.65. The van der Waals surface area contributed by atoms with E-state index in [-0.39, 0.29) is 6.10 Å². The minimum Gasteiger partial charge on any atom is -0.493 e. The minimum atomic E-state index is -0.0301. The molecule has 6 heteroatoms. The first kappa shape index (κ1) is 18.8. The van der Waals surface area contributed by atoms with Crippen LogP contribution < -0.4 is 20.1 Å². The first-order valence-corrected chi connectivity index (χ1v) is 9.80. The predicted octanol–water partition coefficient (Wildman–Crippen LogP) is 2.91. The largest absolute Gasteiger partial charge is 0.493 e. The van der Waals surface area contributed by atoms with Crippen LogP contribution in [-0.4, -0.2) is 49.8 Å². The number of rotatable bonds is 7. The van der Waals surface area contributed by atoms with Crippen LogP contribution in [0.3, 0.4) is 0 Å². The summed E-state index contributed by atoms with van der Waals surface area (Å²) in [5.41, 5.74) is 0. The predicted molar refractivity (Wildman–Crippen MR) is 103 cm³/mol. The Morgan fingerprint density at radius 2 is 2.17 bits per heavy atom. The van der Waals surface area contributed by atoms with Crippen molar-refractivity contribution in [2.24, 2.45) is 4.99 Å². The van der Waals surface area contributed by atoms with Crippen molar-refractivity contribution >= 4 is 17.7 Å². The van der Waals surface area contributed by atoms with Gasteiger partial charge in [0.25, 0.3) is 0 Å². The lowest BCUT2D eigenvalue weighted by Gasteiger charge is -2.25. The molecule has 0 aromatic heterocycles. The van der Waals surface area contributed by atoms with Crippen molar-refractivity contribution < 1.29 is 9.47 Å². The Morgan fingerprint density at radius 1 is 1.38 bits per heavy atom. The zero-order valence-electron chi connectivity index (χ0n) is 14.9. The highest BCUT2D eigenvalue weighted by Crippen LogP contribution is 2.26. The second kappa shape index (κ2) is 10.3. The van der Waals surface area contributed by atoms with Gasteiger partial charge < -0.3 is 20.1 Å². The van der Waals surface area contributed by atoms with E-state index in [9.17, 15) is 0 Å². The Kier molecular flexibility index (Phi) is 8.08. The van der Waals surface area contributed by atoms with Gasteiger partial charge in [-0.3, -0.25) is 0 Å². The zero-order chi connectivity index (χ0) is 17.2. The molecule has 1 aromatic rings. The van der Waals surface area contributed by atoms with Crippen LogP contribution in [0.1, 0.15) is 26.7 Å². The average Bonchev–Trinajstić information content (AvgIpc) is 2.61. The van der Waals surface area contributed by atoms with Gasteiger partial charge in [0.1, 0.15) is 6.10 Å². The van der Waals surface area contributed by atoms with Crippen molar-refractivity contribution in [3.63, 3.8) is 0 Å².